The molecule has 2 heteroatoms. The highest BCUT2D eigenvalue weighted by molar-refractivity contribution is 5.51. The SMILES string of the molecule is C=Cc1cnc2ccc(C3CC=C(C)C3)cn12. The zero-order valence-corrected chi connectivity index (χ0v) is 10.1. The van der Waals surface area contributed by atoms with E-state index in [1.807, 2.05) is 12.3 Å². The summed E-state index contributed by atoms with van der Waals surface area (Å²) in [7, 11) is 0. The summed E-state index contributed by atoms with van der Waals surface area (Å²) in [5.41, 5.74) is 4.95. The summed E-state index contributed by atoms with van der Waals surface area (Å²) >= 11 is 0. The van der Waals surface area contributed by atoms with Crippen LogP contribution < -0.4 is 0 Å². The molecule has 1 unspecified atom stereocenters. The van der Waals surface area contributed by atoms with Crippen LogP contribution in [-0.2, 0) is 0 Å². The number of rotatable bonds is 2. The van der Waals surface area contributed by atoms with Gasteiger partial charge in [-0.25, -0.2) is 4.98 Å². The molecule has 0 aliphatic heterocycles. The average Bonchev–Trinajstić information content (AvgIpc) is 2.94. The third-order valence-corrected chi connectivity index (χ3v) is 3.56. The van der Waals surface area contributed by atoms with Crippen molar-refractivity contribution in [3.8, 4) is 0 Å². The Morgan fingerprint density at radius 2 is 2.35 bits per heavy atom. The van der Waals surface area contributed by atoms with Crippen LogP contribution in [-0.4, -0.2) is 9.38 Å². The Kier molecular flexibility index (Phi) is 2.36. The lowest BCUT2D eigenvalue weighted by Crippen LogP contribution is -1.97. The van der Waals surface area contributed by atoms with Crippen LogP contribution in [0.5, 0.6) is 0 Å². The first kappa shape index (κ1) is 10.3. The molecule has 2 aromatic rings. The van der Waals surface area contributed by atoms with E-state index in [-0.39, 0.29) is 0 Å². The van der Waals surface area contributed by atoms with Gasteiger partial charge >= 0.3 is 0 Å². The molecule has 1 atom stereocenters. The Morgan fingerprint density at radius 3 is 3.06 bits per heavy atom. The molecule has 0 saturated heterocycles. The predicted molar refractivity (Wildman–Crippen MR) is 71.0 cm³/mol. The van der Waals surface area contributed by atoms with E-state index in [4.69, 9.17) is 0 Å². The predicted octanol–water partition coefficient (Wildman–Crippen LogP) is 3.80. The van der Waals surface area contributed by atoms with Crippen molar-refractivity contribution in [2.75, 3.05) is 0 Å². The van der Waals surface area contributed by atoms with Gasteiger partial charge in [0, 0.05) is 6.20 Å². The summed E-state index contributed by atoms with van der Waals surface area (Å²) in [5, 5.41) is 0. The summed E-state index contributed by atoms with van der Waals surface area (Å²) in [6, 6.07) is 4.29. The minimum atomic E-state index is 0.638. The molecule has 1 aliphatic carbocycles. The molecule has 0 N–H and O–H groups in total. The number of hydrogen-bond acceptors (Lipinski definition) is 1. The van der Waals surface area contributed by atoms with Crippen molar-refractivity contribution in [3.63, 3.8) is 0 Å². The van der Waals surface area contributed by atoms with Crippen molar-refractivity contribution in [3.05, 3.63) is 54.0 Å². The van der Waals surface area contributed by atoms with E-state index in [0.29, 0.717) is 5.92 Å². The van der Waals surface area contributed by atoms with Crippen LogP contribution in [0.3, 0.4) is 0 Å². The van der Waals surface area contributed by atoms with E-state index in [1.54, 1.807) is 0 Å². The first-order valence-corrected chi connectivity index (χ1v) is 6.03. The van der Waals surface area contributed by atoms with Gasteiger partial charge in [0.2, 0.25) is 0 Å². The molecule has 86 valence electrons. The zero-order valence-electron chi connectivity index (χ0n) is 10.1. The lowest BCUT2D eigenvalue weighted by molar-refractivity contribution is 0.734. The fraction of sp³-hybridized carbons (Fsp3) is 0.267. The van der Waals surface area contributed by atoms with Gasteiger partial charge in [-0.3, -0.25) is 0 Å². The van der Waals surface area contributed by atoms with Gasteiger partial charge in [0.15, 0.2) is 0 Å². The lowest BCUT2D eigenvalue weighted by Gasteiger charge is -2.11. The monoisotopic (exact) mass is 224 g/mol. The molecule has 0 radical (unpaired) electrons. The molecule has 2 nitrogen and oxygen atoms in total. The van der Waals surface area contributed by atoms with E-state index < -0.39 is 0 Å². The maximum absolute atomic E-state index is 4.35. The molecule has 2 aromatic heterocycles. The summed E-state index contributed by atoms with van der Waals surface area (Å²) in [6.07, 6.45) is 10.6. The summed E-state index contributed by atoms with van der Waals surface area (Å²) in [4.78, 5) is 4.35. The van der Waals surface area contributed by atoms with Gasteiger partial charge in [0.1, 0.15) is 5.65 Å². The van der Waals surface area contributed by atoms with Gasteiger partial charge < -0.3 is 4.40 Å². The fourth-order valence-corrected chi connectivity index (χ4v) is 2.56. The van der Waals surface area contributed by atoms with Crippen LogP contribution in [0.4, 0.5) is 0 Å². The highest BCUT2D eigenvalue weighted by atomic mass is 15.0. The van der Waals surface area contributed by atoms with Crippen LogP contribution >= 0.6 is 0 Å². The first-order valence-electron chi connectivity index (χ1n) is 6.03. The van der Waals surface area contributed by atoms with Crippen molar-refractivity contribution in [2.24, 2.45) is 0 Å². The van der Waals surface area contributed by atoms with Gasteiger partial charge in [-0.15, -0.1) is 0 Å². The van der Waals surface area contributed by atoms with Gasteiger partial charge in [-0.1, -0.05) is 24.3 Å². The molecule has 0 saturated carbocycles. The summed E-state index contributed by atoms with van der Waals surface area (Å²) in [6.45, 7) is 6.03. The highest BCUT2D eigenvalue weighted by Crippen LogP contribution is 2.33. The normalized spacial score (nSPS) is 19.6. The molecule has 0 fully saturated rings. The van der Waals surface area contributed by atoms with Crippen LogP contribution in [0.25, 0.3) is 11.7 Å². The van der Waals surface area contributed by atoms with E-state index >= 15 is 0 Å². The van der Waals surface area contributed by atoms with Gasteiger partial charge in [-0.05, 0) is 43.4 Å². The summed E-state index contributed by atoms with van der Waals surface area (Å²) in [5.74, 6) is 0.638. The molecule has 17 heavy (non-hydrogen) atoms. The summed E-state index contributed by atoms with van der Waals surface area (Å²) < 4.78 is 2.12. The number of hydrogen-bond donors (Lipinski definition) is 0. The van der Waals surface area contributed by atoms with Gasteiger partial charge in [0.25, 0.3) is 0 Å². The number of aromatic nitrogens is 2. The number of fused-ring (bicyclic) bond motifs is 1. The van der Waals surface area contributed by atoms with Gasteiger partial charge in [-0.2, -0.15) is 0 Å². The molecule has 3 rings (SSSR count). The van der Waals surface area contributed by atoms with Crippen molar-refractivity contribution in [1.29, 1.82) is 0 Å². The van der Waals surface area contributed by atoms with E-state index in [1.165, 1.54) is 17.6 Å². The van der Waals surface area contributed by atoms with E-state index in [2.05, 4.69) is 47.3 Å². The third kappa shape index (κ3) is 1.70. The van der Waals surface area contributed by atoms with E-state index in [9.17, 15) is 0 Å². The van der Waals surface area contributed by atoms with Crippen LogP contribution in [0.15, 0.2) is 42.8 Å². The maximum atomic E-state index is 4.35. The van der Waals surface area contributed by atoms with Crippen molar-refractivity contribution in [2.45, 2.75) is 25.7 Å². The standard InChI is InChI=1S/C15H16N2/c1-3-14-9-16-15-7-6-13(10-17(14)15)12-5-4-11(2)8-12/h3-4,6-7,9-10,12H,1,5,8H2,2H3. The topological polar surface area (TPSA) is 17.3 Å². The van der Waals surface area contributed by atoms with Gasteiger partial charge in [0.05, 0.1) is 11.9 Å². The van der Waals surface area contributed by atoms with Crippen LogP contribution in [0, 0.1) is 0 Å². The number of nitrogens with zero attached hydrogens (tertiary/aromatic N) is 2. The Balaban J connectivity index is 2.03. The molecule has 0 spiro atoms. The first-order chi connectivity index (χ1) is 8.28. The molecular weight excluding hydrogens is 208 g/mol. The lowest BCUT2D eigenvalue weighted by atomic mass is 9.97. The second-order valence-electron chi connectivity index (χ2n) is 4.77. The molecule has 2 heterocycles. The largest absolute Gasteiger partial charge is 0.300 e. The minimum Gasteiger partial charge on any atom is -0.300 e. The maximum Gasteiger partial charge on any atom is 0.137 e. The zero-order chi connectivity index (χ0) is 11.8. The second kappa shape index (κ2) is 3.88. The quantitative estimate of drug-likeness (QED) is 0.709. The molecule has 1 aliphatic rings. The molecular formula is C15H16N2. The highest BCUT2D eigenvalue weighted by Gasteiger charge is 2.17. The minimum absolute atomic E-state index is 0.638. The van der Waals surface area contributed by atoms with E-state index in [0.717, 1.165) is 17.8 Å². The Bertz CT molecular complexity index is 604. The number of pyridine rings is 1. The molecule has 0 amide bonds. The van der Waals surface area contributed by atoms with Crippen molar-refractivity contribution >= 4 is 11.7 Å². The van der Waals surface area contributed by atoms with Crippen LogP contribution in [0.2, 0.25) is 0 Å². The molecule has 0 bridgehead atoms. The second-order valence-corrected chi connectivity index (χ2v) is 4.77. The number of imidazole rings is 1. The Hall–Kier alpha value is -1.83. The molecule has 0 aromatic carbocycles. The van der Waals surface area contributed by atoms with Crippen LogP contribution in [0.1, 0.15) is 36.9 Å². The smallest absolute Gasteiger partial charge is 0.137 e. The Morgan fingerprint density at radius 1 is 1.47 bits per heavy atom. The third-order valence-electron chi connectivity index (χ3n) is 3.56. The van der Waals surface area contributed by atoms with Crippen molar-refractivity contribution < 1.29 is 0 Å². The average molecular weight is 224 g/mol. The Labute approximate surface area is 101 Å². The van der Waals surface area contributed by atoms with Crippen molar-refractivity contribution in [1.82, 2.24) is 9.38 Å². The number of allylic oxidation sites excluding steroid dienone is 2. The fourth-order valence-electron chi connectivity index (χ4n) is 2.56.